The van der Waals surface area contributed by atoms with Crippen molar-refractivity contribution >= 4 is 57.4 Å². The van der Waals surface area contributed by atoms with Gasteiger partial charge in [-0.05, 0) is 129 Å². The van der Waals surface area contributed by atoms with Crippen LogP contribution in [-0.2, 0) is 61.2 Å². The molecule has 4 rings (SSSR count). The van der Waals surface area contributed by atoms with E-state index in [-0.39, 0.29) is 43.0 Å². The highest BCUT2D eigenvalue weighted by molar-refractivity contribution is 7.90. The fourth-order valence-corrected chi connectivity index (χ4v) is 9.82. The van der Waals surface area contributed by atoms with Gasteiger partial charge in [0.2, 0.25) is 41.4 Å². The number of guanidine groups is 1. The summed E-state index contributed by atoms with van der Waals surface area (Å²) in [7, 11) is -4.22. The molecule has 2 aromatic carbocycles. The summed E-state index contributed by atoms with van der Waals surface area (Å²) in [5, 5.41) is 15.9. The van der Waals surface area contributed by atoms with Gasteiger partial charge in [-0.3, -0.25) is 38.6 Å². The normalized spacial score (nSPS) is 20.1. The standard InChI is InChI=1S/C49H74N10O11S/c1-29-30(2)42(31(3)33-27-49(7,8)70-41(29)33)71(67,68)59-47(51)53-24-16-20-34-43(63)54-28-39(61)55-37(26-40(62)69-48(4,5)6)46(66)58-36(25-32-17-10-9-11-18-32)45(65)57-35(44(64)56-34)19-13-15-23-52-38(60)21-12-14-22-50/h9-11,17-18,34-37H,12-16,19-28,50H2,1-8H3,(H,52,60)(H,54,63)(H,55,61)(H,56,64)(H,57,65)(H,58,66)(H3,51,53,59)/t34?,35?,36-,37?/m1/s1. The van der Waals surface area contributed by atoms with E-state index in [1.54, 1.807) is 71.9 Å². The molecule has 21 nitrogen and oxygen atoms in total. The van der Waals surface area contributed by atoms with Crippen LogP contribution in [0.5, 0.6) is 5.75 Å². The largest absolute Gasteiger partial charge is 0.487 e. The van der Waals surface area contributed by atoms with Crippen LogP contribution in [0, 0.1) is 20.8 Å². The molecule has 0 aliphatic carbocycles. The third-order valence-electron chi connectivity index (χ3n) is 11.9. The van der Waals surface area contributed by atoms with E-state index in [2.05, 4.69) is 41.6 Å². The van der Waals surface area contributed by atoms with Gasteiger partial charge in [0, 0.05) is 37.9 Å². The van der Waals surface area contributed by atoms with Crippen molar-refractivity contribution in [3.63, 3.8) is 0 Å². The van der Waals surface area contributed by atoms with Crippen LogP contribution >= 0.6 is 0 Å². The number of hydrogen-bond donors (Lipinski definition) is 9. The number of ether oxygens (including phenoxy) is 2. The topological polar surface area (TPSA) is 321 Å². The molecule has 1 fully saturated rings. The van der Waals surface area contributed by atoms with Gasteiger partial charge in [-0.1, -0.05) is 30.3 Å². The molecule has 2 aliphatic heterocycles. The SMILES string of the molecule is Cc1c(C)c(S(=O)(=O)NC(N)=NCCCC2NC(=O)C(CCCCNC(=O)CCCCN)NC(=O)[C@@H](Cc3ccccc3)NC(=O)C(CC(=O)OC(C)(C)C)NC(=O)CNC2=O)c(C)c2c1OC(C)(C)C2. The van der Waals surface area contributed by atoms with Crippen molar-refractivity contribution in [1.82, 2.24) is 36.6 Å². The first-order valence-corrected chi connectivity index (χ1v) is 25.6. The van der Waals surface area contributed by atoms with Crippen LogP contribution in [0.15, 0.2) is 40.2 Å². The first-order valence-electron chi connectivity index (χ1n) is 24.2. The minimum Gasteiger partial charge on any atom is -0.487 e. The summed E-state index contributed by atoms with van der Waals surface area (Å²) in [6.07, 6.45) is 2.32. The molecule has 0 radical (unpaired) electrons. The molecule has 0 aromatic heterocycles. The average molecular weight is 1010 g/mol. The predicted octanol–water partition coefficient (Wildman–Crippen LogP) is 1.16. The lowest BCUT2D eigenvalue weighted by atomic mass is 9.94. The molecule has 71 heavy (non-hydrogen) atoms. The van der Waals surface area contributed by atoms with Gasteiger partial charge in [0.1, 0.15) is 41.1 Å². The Hall–Kier alpha value is -6.29. The highest BCUT2D eigenvalue weighted by atomic mass is 32.2. The molecule has 0 spiro atoms. The molecule has 4 atom stereocenters. The fourth-order valence-electron chi connectivity index (χ4n) is 8.29. The van der Waals surface area contributed by atoms with Crippen LogP contribution in [0.2, 0.25) is 0 Å². The maximum Gasteiger partial charge on any atom is 0.308 e. The Bertz CT molecular complexity index is 2400. The van der Waals surface area contributed by atoms with E-state index in [0.29, 0.717) is 79.6 Å². The second-order valence-electron chi connectivity index (χ2n) is 19.7. The number of sulfonamides is 1. The molecular formula is C49H74N10O11S. The number of rotatable bonds is 19. The van der Waals surface area contributed by atoms with Crippen molar-refractivity contribution in [2.75, 3.05) is 26.2 Å². The number of fused-ring (bicyclic) bond motifs is 1. The van der Waals surface area contributed by atoms with Gasteiger partial charge in [0.05, 0.1) is 17.9 Å². The summed E-state index contributed by atoms with van der Waals surface area (Å²) in [5.74, 6) is -4.78. The smallest absolute Gasteiger partial charge is 0.308 e. The number of nitrogens with one attached hydrogen (secondary N) is 7. The van der Waals surface area contributed by atoms with E-state index >= 15 is 0 Å². The maximum absolute atomic E-state index is 14.3. The molecule has 2 aliphatic rings. The van der Waals surface area contributed by atoms with Gasteiger partial charge in [0.15, 0.2) is 0 Å². The average Bonchev–Trinajstić information content (AvgIpc) is 3.62. The zero-order valence-electron chi connectivity index (χ0n) is 42.3. The van der Waals surface area contributed by atoms with Crippen molar-refractivity contribution in [2.24, 2.45) is 16.5 Å². The molecule has 0 saturated carbocycles. The lowest BCUT2D eigenvalue weighted by molar-refractivity contribution is -0.156. The van der Waals surface area contributed by atoms with Gasteiger partial charge in [-0.2, -0.15) is 0 Å². The second-order valence-corrected chi connectivity index (χ2v) is 21.3. The van der Waals surface area contributed by atoms with Crippen LogP contribution < -0.4 is 52.8 Å². The van der Waals surface area contributed by atoms with Crippen LogP contribution in [0.1, 0.15) is 120 Å². The second kappa shape index (κ2) is 25.7. The molecule has 11 N–H and O–H groups in total. The van der Waals surface area contributed by atoms with Crippen molar-refractivity contribution in [1.29, 1.82) is 0 Å². The van der Waals surface area contributed by atoms with E-state index in [4.69, 9.17) is 20.9 Å². The van der Waals surface area contributed by atoms with E-state index in [0.717, 1.165) is 5.56 Å². The van der Waals surface area contributed by atoms with Crippen molar-refractivity contribution < 1.29 is 51.5 Å². The lowest BCUT2D eigenvalue weighted by Gasteiger charge is -2.26. The highest BCUT2D eigenvalue weighted by Gasteiger charge is 2.38. The summed E-state index contributed by atoms with van der Waals surface area (Å²) in [6, 6.07) is 3.33. The Labute approximate surface area is 417 Å². The molecule has 2 heterocycles. The first kappa shape index (κ1) is 57.3. The van der Waals surface area contributed by atoms with Gasteiger partial charge in [0.25, 0.3) is 10.0 Å². The number of carbonyl (C=O) groups is 7. The number of aliphatic imine (C=N–C) groups is 1. The van der Waals surface area contributed by atoms with Crippen LogP contribution in [0.4, 0.5) is 0 Å². The van der Waals surface area contributed by atoms with Crippen molar-refractivity contribution in [2.45, 2.75) is 166 Å². The van der Waals surface area contributed by atoms with E-state index in [1.807, 2.05) is 13.8 Å². The number of carbonyl (C=O) groups excluding carboxylic acids is 7. The van der Waals surface area contributed by atoms with Crippen molar-refractivity contribution in [3.05, 3.63) is 58.1 Å². The number of hydrogen-bond acceptors (Lipinski definition) is 13. The van der Waals surface area contributed by atoms with Gasteiger partial charge < -0.3 is 52.8 Å². The zero-order chi connectivity index (χ0) is 52.7. The Morgan fingerprint density at radius 1 is 0.817 bits per heavy atom. The number of esters is 1. The summed E-state index contributed by atoms with van der Waals surface area (Å²) >= 11 is 0. The Morgan fingerprint density at radius 2 is 1.44 bits per heavy atom. The van der Waals surface area contributed by atoms with E-state index < -0.39 is 99.8 Å². The fraction of sp³-hybridized carbons (Fsp3) is 0.592. The van der Waals surface area contributed by atoms with Gasteiger partial charge in [-0.15, -0.1) is 0 Å². The number of amides is 6. The predicted molar refractivity (Wildman–Crippen MR) is 266 cm³/mol. The molecule has 392 valence electrons. The Morgan fingerprint density at radius 3 is 2.10 bits per heavy atom. The van der Waals surface area contributed by atoms with Gasteiger partial charge >= 0.3 is 5.97 Å². The Kier molecular flexibility index (Phi) is 20.7. The van der Waals surface area contributed by atoms with Crippen LogP contribution in [-0.4, -0.2) is 117 Å². The summed E-state index contributed by atoms with van der Waals surface area (Å²) in [6.45, 7) is 14.0. The number of unbranched alkanes of at least 4 members (excludes halogenated alkanes) is 2. The molecule has 0 bridgehead atoms. The molecule has 22 heteroatoms. The third kappa shape index (κ3) is 17.8. The summed E-state index contributed by atoms with van der Waals surface area (Å²) in [4.78, 5) is 99.3. The summed E-state index contributed by atoms with van der Waals surface area (Å²) in [5.41, 5.74) is 13.4. The molecule has 6 amide bonds. The minimum atomic E-state index is -4.22. The molecular weight excluding hydrogens is 937 g/mol. The number of benzene rings is 2. The quantitative estimate of drug-likeness (QED) is 0.0414. The summed E-state index contributed by atoms with van der Waals surface area (Å²) < 4.78 is 41.5. The number of nitrogens with zero attached hydrogens (tertiary/aromatic N) is 1. The minimum absolute atomic E-state index is 0.0437. The van der Waals surface area contributed by atoms with Gasteiger partial charge in [-0.25, -0.2) is 13.1 Å². The van der Waals surface area contributed by atoms with E-state index in [9.17, 15) is 42.0 Å². The number of nitrogens with two attached hydrogens (primary N) is 2. The third-order valence-corrected chi connectivity index (χ3v) is 13.5. The Balaban J connectivity index is 1.59. The molecule has 2 aromatic rings. The van der Waals surface area contributed by atoms with Crippen molar-refractivity contribution in [3.8, 4) is 5.75 Å². The lowest BCUT2D eigenvalue weighted by Crippen LogP contribution is -2.58. The zero-order valence-corrected chi connectivity index (χ0v) is 43.1. The van der Waals surface area contributed by atoms with E-state index in [1.165, 1.54) is 0 Å². The maximum atomic E-state index is 14.3. The highest BCUT2D eigenvalue weighted by Crippen LogP contribution is 2.43. The molecule has 1 saturated heterocycles. The molecule has 3 unspecified atom stereocenters. The monoisotopic (exact) mass is 1010 g/mol. The van der Waals surface area contributed by atoms with Crippen LogP contribution in [0.3, 0.4) is 0 Å². The first-order chi connectivity index (χ1) is 33.3. The van der Waals surface area contributed by atoms with Crippen LogP contribution in [0.25, 0.3) is 0 Å².